The lowest BCUT2D eigenvalue weighted by Gasteiger charge is -2.26. The van der Waals surface area contributed by atoms with Crippen molar-refractivity contribution in [1.29, 1.82) is 0 Å². The fourth-order valence-electron chi connectivity index (χ4n) is 7.64. The molecule has 2 fully saturated rings. The first-order valence-corrected chi connectivity index (χ1v) is 24.3. The van der Waals surface area contributed by atoms with Gasteiger partial charge in [0.05, 0.1) is 25.9 Å². The highest BCUT2D eigenvalue weighted by Crippen LogP contribution is 2.51. The van der Waals surface area contributed by atoms with Gasteiger partial charge in [0.25, 0.3) is 11.8 Å². The van der Waals surface area contributed by atoms with Crippen LogP contribution in [0.15, 0.2) is 111 Å². The predicted molar refractivity (Wildman–Crippen MR) is 238 cm³/mol. The van der Waals surface area contributed by atoms with E-state index in [9.17, 15) is 24.2 Å². The first-order valence-electron chi connectivity index (χ1n) is 20.1. The quantitative estimate of drug-likeness (QED) is 0.0836. The molecule has 6 heterocycles. The molecule has 2 aromatic carbocycles. The molecule has 25 heteroatoms. The van der Waals surface area contributed by atoms with E-state index < -0.39 is 83.1 Å². The molecule has 2 N–H and O–H groups in total. The third-order valence-electron chi connectivity index (χ3n) is 10.6. The van der Waals surface area contributed by atoms with Gasteiger partial charge in [-0.15, -0.1) is 22.6 Å². The molecule has 0 aliphatic carbocycles. The number of fused-ring (bicyclic) bond motifs is 2. The lowest BCUT2D eigenvalue weighted by molar-refractivity contribution is -0.0477. The number of carbonyl (C=O) groups excluding carboxylic acids is 2. The van der Waals surface area contributed by atoms with Crippen LogP contribution in [-0.2, 0) is 39.4 Å². The van der Waals surface area contributed by atoms with Crippen LogP contribution in [0.3, 0.4) is 0 Å². The summed E-state index contributed by atoms with van der Waals surface area (Å²) in [7, 11) is -3.36. The van der Waals surface area contributed by atoms with Crippen molar-refractivity contribution in [2.45, 2.75) is 49.2 Å². The molecule has 2 aliphatic rings. The number of benzene rings is 2. The van der Waals surface area contributed by atoms with Crippen LogP contribution in [0.5, 0.6) is 0 Å². The summed E-state index contributed by atoms with van der Waals surface area (Å²) in [4.78, 5) is 65.5. The molecule has 2 amide bonds. The number of carbonyl (C=O) groups is 2. The highest BCUT2D eigenvalue weighted by molar-refractivity contribution is 8.09. The molecule has 6 aromatic rings. The molecule has 3 unspecified atom stereocenters. The van der Waals surface area contributed by atoms with Crippen LogP contribution < -0.4 is 9.80 Å². The van der Waals surface area contributed by atoms with Crippen LogP contribution in [0.25, 0.3) is 22.3 Å². The Kier molecular flexibility index (Phi) is 14.2. The number of halogens is 2. The molecule has 2 saturated heterocycles. The number of aliphatic hydroxyl groups excluding tert-OH is 1. The third-order valence-corrected chi connectivity index (χ3v) is 12.8. The van der Waals surface area contributed by atoms with Crippen LogP contribution in [0.4, 0.5) is 20.4 Å². The average Bonchev–Trinajstić information content (AvgIpc) is 4.10. The number of ether oxygens (including phenoxy) is 2. The Morgan fingerprint density at radius 2 is 1.27 bits per heavy atom. The van der Waals surface area contributed by atoms with Crippen LogP contribution in [0.1, 0.15) is 33.2 Å². The number of rotatable bonds is 18. The average molecular weight is 966 g/mol. The molecule has 66 heavy (non-hydrogen) atoms. The van der Waals surface area contributed by atoms with Crippen molar-refractivity contribution in [2.75, 3.05) is 42.8 Å². The molecule has 2 aliphatic heterocycles. The Hall–Kier alpha value is -5.71. The monoisotopic (exact) mass is 965 g/mol. The van der Waals surface area contributed by atoms with Gasteiger partial charge in [-0.3, -0.25) is 28.5 Å². The molecule has 4 aromatic heterocycles. The number of hydrogen-bond acceptors (Lipinski definition) is 16. The number of nitrogens with zero attached hydrogens (tertiary/aromatic N) is 10. The van der Waals surface area contributed by atoms with Gasteiger partial charge in [0.1, 0.15) is 31.0 Å². The topological polar surface area (TPSA) is 231 Å². The fourth-order valence-corrected chi connectivity index (χ4v) is 9.76. The van der Waals surface area contributed by atoms with E-state index in [-0.39, 0.29) is 53.0 Å². The number of anilines is 2. The molecular formula is C41H41F2N10O10P2S+. The van der Waals surface area contributed by atoms with Crippen molar-refractivity contribution in [1.82, 2.24) is 39.0 Å². The molecule has 20 nitrogen and oxygen atoms in total. The number of aromatic nitrogens is 8. The number of alkyl halides is 2. The SMILES string of the molecule is C=CCN(C(=O)c1ccccc1)c1ncnc2c1ncn2C1O[C@H](CO)[C@@H](OP(C)(=S)OC[C@H]2O[C@@H](n3cnc4c(N(CC=C)C(=O)c5ccccc5)ncnc43)[C@H](F)[C@@H]2O[P+](=O)O)[C@H]1F. The second kappa shape index (κ2) is 20.0. The zero-order valence-corrected chi connectivity index (χ0v) is 37.4. The Morgan fingerprint density at radius 3 is 1.73 bits per heavy atom. The molecular weight excluding hydrogens is 925 g/mol. The van der Waals surface area contributed by atoms with Crippen molar-refractivity contribution < 1.29 is 56.0 Å². The number of aliphatic hydroxyl groups is 1. The Morgan fingerprint density at radius 1 is 0.803 bits per heavy atom. The van der Waals surface area contributed by atoms with Crippen LogP contribution in [0, 0.1) is 0 Å². The smallest absolute Gasteiger partial charge is 0.394 e. The van der Waals surface area contributed by atoms with E-state index in [1.165, 1.54) is 63.1 Å². The van der Waals surface area contributed by atoms with Gasteiger partial charge in [0.2, 0.25) is 0 Å². The zero-order valence-electron chi connectivity index (χ0n) is 34.8. The second-order valence-electron chi connectivity index (χ2n) is 14.8. The standard InChI is InChI=1S/C41H40F2N10O10P2S/c1-4-16-50(38(55)24-12-8-6-9-13-24)34-30-36(46-20-44-34)52(22-48-30)40-28(42)32(62-64(57)58)27(61-40)19-59-65(3,66)63-33-26(18-54)60-41(29(33)43)53-23-49-31-35(45-21-47-37(31)53)51(17-5-2)39(56)25-14-10-7-11-15-25/h4-15,20-23,26-29,32-33,40-41,54H,1-2,16-19H2,3H3/p+1/t26-,27-,28-,29-,32-,33-,40-,41?,65?/m1/s1. The summed E-state index contributed by atoms with van der Waals surface area (Å²) in [6.07, 6.45) is -5.10. The van der Waals surface area contributed by atoms with E-state index in [4.69, 9.17) is 34.9 Å². The van der Waals surface area contributed by atoms with Gasteiger partial charge in [0.15, 0.2) is 71.4 Å². The lowest BCUT2D eigenvalue weighted by Crippen LogP contribution is -2.34. The summed E-state index contributed by atoms with van der Waals surface area (Å²) >= 11 is 5.67. The fraction of sp³-hybridized carbons (Fsp3) is 0.317. The summed E-state index contributed by atoms with van der Waals surface area (Å²) in [6.45, 7) is 4.19. The van der Waals surface area contributed by atoms with E-state index >= 15 is 8.78 Å². The normalized spacial score (nSPS) is 24.0. The largest absolute Gasteiger partial charge is 0.695 e. The molecule has 10 atom stereocenters. The van der Waals surface area contributed by atoms with Crippen molar-refractivity contribution in [2.24, 2.45) is 0 Å². The predicted octanol–water partition coefficient (Wildman–Crippen LogP) is 5.17. The molecule has 0 radical (unpaired) electrons. The summed E-state index contributed by atoms with van der Waals surface area (Å²) in [6, 6.07) is 17.0. The second-order valence-corrected chi connectivity index (χ2v) is 19.5. The lowest BCUT2D eigenvalue weighted by atomic mass is 10.1. The number of imidazole rings is 2. The summed E-state index contributed by atoms with van der Waals surface area (Å²) in [5.41, 5.74) is 1.18. The maximum atomic E-state index is 16.6. The van der Waals surface area contributed by atoms with Gasteiger partial charge in [-0.05, 0) is 36.1 Å². The van der Waals surface area contributed by atoms with Gasteiger partial charge in [0, 0.05) is 35.4 Å². The minimum absolute atomic E-state index is 0.0440. The maximum absolute atomic E-state index is 16.6. The highest BCUT2D eigenvalue weighted by Gasteiger charge is 2.53. The van der Waals surface area contributed by atoms with Crippen LogP contribution in [-0.4, -0.2) is 131 Å². The molecule has 0 bridgehead atoms. The Balaban J connectivity index is 0.991. The van der Waals surface area contributed by atoms with E-state index in [0.717, 1.165) is 0 Å². The number of hydrogen-bond donors (Lipinski definition) is 2. The van der Waals surface area contributed by atoms with Crippen LogP contribution in [0.2, 0.25) is 0 Å². The first-order chi connectivity index (χ1) is 31.8. The van der Waals surface area contributed by atoms with Gasteiger partial charge >= 0.3 is 8.25 Å². The zero-order chi connectivity index (χ0) is 46.7. The molecule has 0 saturated carbocycles. The van der Waals surface area contributed by atoms with Gasteiger partial charge in [-0.1, -0.05) is 48.6 Å². The van der Waals surface area contributed by atoms with Crippen molar-refractivity contribution >= 4 is 72.3 Å². The van der Waals surface area contributed by atoms with Crippen LogP contribution >= 0.6 is 14.7 Å². The molecule has 8 rings (SSSR count). The minimum atomic E-state index is -3.54. The maximum Gasteiger partial charge on any atom is 0.695 e. The number of amides is 2. The van der Waals surface area contributed by atoms with Gasteiger partial charge in [-0.2, -0.15) is 0 Å². The van der Waals surface area contributed by atoms with Crippen molar-refractivity contribution in [3.63, 3.8) is 0 Å². The van der Waals surface area contributed by atoms with E-state index in [0.29, 0.717) is 11.1 Å². The summed E-state index contributed by atoms with van der Waals surface area (Å²) in [5.74, 6) is -0.562. The first kappa shape index (κ1) is 46.8. The van der Waals surface area contributed by atoms with E-state index in [1.807, 2.05) is 0 Å². The summed E-state index contributed by atoms with van der Waals surface area (Å²) < 4.78 is 76.6. The molecule has 0 spiro atoms. The van der Waals surface area contributed by atoms with E-state index in [2.05, 4.69) is 43.1 Å². The van der Waals surface area contributed by atoms with E-state index in [1.54, 1.807) is 60.7 Å². The van der Waals surface area contributed by atoms with Gasteiger partial charge in [-0.25, -0.2) is 38.7 Å². The Labute approximate surface area is 380 Å². The molecule has 344 valence electrons. The summed E-state index contributed by atoms with van der Waals surface area (Å²) in [5, 5.41) is 10.3. The van der Waals surface area contributed by atoms with Crippen molar-refractivity contribution in [3.8, 4) is 0 Å². The Bertz CT molecular complexity index is 2810. The third kappa shape index (κ3) is 9.32. The van der Waals surface area contributed by atoms with Crippen molar-refractivity contribution in [3.05, 3.63) is 122 Å². The van der Waals surface area contributed by atoms with Gasteiger partial charge < -0.3 is 23.6 Å². The minimum Gasteiger partial charge on any atom is -0.394 e. The highest BCUT2D eigenvalue weighted by atomic mass is 32.5.